The van der Waals surface area contributed by atoms with Crippen molar-refractivity contribution in [3.63, 3.8) is 0 Å². The van der Waals surface area contributed by atoms with Gasteiger partial charge in [-0.15, -0.1) is 0 Å². The Labute approximate surface area is 100 Å². The Morgan fingerprint density at radius 2 is 1.53 bits per heavy atom. The van der Waals surface area contributed by atoms with Crippen LogP contribution in [0, 0.1) is 0 Å². The summed E-state index contributed by atoms with van der Waals surface area (Å²) in [5.74, 6) is -1.54. The van der Waals surface area contributed by atoms with Gasteiger partial charge >= 0.3 is 11.9 Å². The molecule has 100 valence electrons. The van der Waals surface area contributed by atoms with Gasteiger partial charge in [-0.2, -0.15) is 12.7 Å². The number of hydrogen-bond acceptors (Lipinski definition) is 6. The zero-order chi connectivity index (χ0) is 13.5. The minimum absolute atomic E-state index is 0.140. The van der Waals surface area contributed by atoms with E-state index < -0.39 is 35.2 Å². The maximum atomic E-state index is 11.6. The number of carbonyl (C=O) groups is 2. The molecule has 9 heteroatoms. The molecule has 1 N–H and O–H groups in total. The summed E-state index contributed by atoms with van der Waals surface area (Å²) in [5.41, 5.74) is 0. The number of esters is 2. The summed E-state index contributed by atoms with van der Waals surface area (Å²) in [6.07, 6.45) is 0. The van der Waals surface area contributed by atoms with E-state index in [1.807, 2.05) is 0 Å². The van der Waals surface area contributed by atoms with E-state index in [4.69, 9.17) is 0 Å². The molecule has 0 aromatic rings. The van der Waals surface area contributed by atoms with Crippen LogP contribution in [-0.2, 0) is 29.3 Å². The SMILES string of the molecule is CCNS(=O)(=O)N(CC(=O)OC)CC(=O)OC. The summed E-state index contributed by atoms with van der Waals surface area (Å²) >= 11 is 0. The number of carbonyl (C=O) groups excluding carboxylic acids is 2. The van der Waals surface area contributed by atoms with Gasteiger partial charge in [0.2, 0.25) is 0 Å². The third-order valence-corrected chi connectivity index (χ3v) is 3.32. The molecule has 0 atom stereocenters. The molecule has 8 nitrogen and oxygen atoms in total. The first-order valence-corrected chi connectivity index (χ1v) is 6.19. The molecule has 0 saturated carbocycles. The average molecular weight is 268 g/mol. The molecule has 0 saturated heterocycles. The Balaban J connectivity index is 4.84. The minimum atomic E-state index is -3.90. The highest BCUT2D eigenvalue weighted by atomic mass is 32.2. The number of rotatable bonds is 7. The Morgan fingerprint density at radius 3 is 1.82 bits per heavy atom. The highest BCUT2D eigenvalue weighted by molar-refractivity contribution is 7.87. The fraction of sp³-hybridized carbons (Fsp3) is 0.750. The van der Waals surface area contributed by atoms with Gasteiger partial charge in [-0.1, -0.05) is 6.92 Å². The van der Waals surface area contributed by atoms with E-state index in [2.05, 4.69) is 14.2 Å². The summed E-state index contributed by atoms with van der Waals surface area (Å²) in [5, 5.41) is 0. The molecule has 0 amide bonds. The molecule has 0 aliphatic heterocycles. The second-order valence-corrected chi connectivity index (χ2v) is 4.68. The van der Waals surface area contributed by atoms with Crippen LogP contribution in [0.3, 0.4) is 0 Å². The van der Waals surface area contributed by atoms with Crippen molar-refractivity contribution >= 4 is 22.1 Å². The van der Waals surface area contributed by atoms with Crippen LogP contribution in [0.4, 0.5) is 0 Å². The fourth-order valence-corrected chi connectivity index (χ4v) is 2.01. The normalized spacial score (nSPS) is 11.3. The third kappa shape index (κ3) is 5.61. The number of nitrogens with one attached hydrogen (secondary N) is 1. The second kappa shape index (κ2) is 7.20. The molecule has 0 aromatic carbocycles. The van der Waals surface area contributed by atoms with Gasteiger partial charge in [-0.05, 0) is 0 Å². The zero-order valence-corrected chi connectivity index (χ0v) is 10.7. The average Bonchev–Trinajstić information content (AvgIpc) is 2.27. The smallest absolute Gasteiger partial charge is 0.321 e. The summed E-state index contributed by atoms with van der Waals surface area (Å²) in [7, 11) is -1.65. The first kappa shape index (κ1) is 15.8. The lowest BCUT2D eigenvalue weighted by Crippen LogP contribution is -2.46. The van der Waals surface area contributed by atoms with E-state index in [0.29, 0.717) is 4.31 Å². The van der Waals surface area contributed by atoms with E-state index in [9.17, 15) is 18.0 Å². The molecule has 0 aliphatic carbocycles. The van der Waals surface area contributed by atoms with Crippen LogP contribution < -0.4 is 4.72 Å². The van der Waals surface area contributed by atoms with Crippen molar-refractivity contribution in [3.8, 4) is 0 Å². The van der Waals surface area contributed by atoms with Crippen molar-refractivity contribution in [3.05, 3.63) is 0 Å². The molecule has 0 aliphatic rings. The van der Waals surface area contributed by atoms with E-state index in [-0.39, 0.29) is 6.54 Å². The molecule has 0 aromatic heterocycles. The number of hydrogen-bond donors (Lipinski definition) is 1. The van der Waals surface area contributed by atoms with Crippen LogP contribution in [-0.4, -0.2) is 58.5 Å². The number of methoxy groups -OCH3 is 2. The number of nitrogens with zero attached hydrogens (tertiary/aromatic N) is 1. The molecule has 0 radical (unpaired) electrons. The quantitative estimate of drug-likeness (QED) is 0.563. The van der Waals surface area contributed by atoms with Crippen LogP contribution >= 0.6 is 0 Å². The van der Waals surface area contributed by atoms with Crippen LogP contribution in [0.25, 0.3) is 0 Å². The van der Waals surface area contributed by atoms with Crippen LogP contribution in [0.5, 0.6) is 0 Å². The Kier molecular flexibility index (Phi) is 6.69. The van der Waals surface area contributed by atoms with Gasteiger partial charge in [0.15, 0.2) is 0 Å². The molecular formula is C8H16N2O6S. The summed E-state index contributed by atoms with van der Waals surface area (Å²) in [4.78, 5) is 22.1. The minimum Gasteiger partial charge on any atom is -0.468 e. The maximum Gasteiger partial charge on any atom is 0.321 e. The van der Waals surface area contributed by atoms with Crippen LogP contribution in [0.1, 0.15) is 6.92 Å². The summed E-state index contributed by atoms with van der Waals surface area (Å²) in [6.45, 7) is 0.606. The third-order valence-electron chi connectivity index (χ3n) is 1.73. The first-order valence-electron chi connectivity index (χ1n) is 4.75. The topological polar surface area (TPSA) is 102 Å². The Hall–Kier alpha value is -1.19. The van der Waals surface area contributed by atoms with Gasteiger partial charge in [0.25, 0.3) is 10.2 Å². The monoisotopic (exact) mass is 268 g/mol. The molecular weight excluding hydrogens is 252 g/mol. The maximum absolute atomic E-state index is 11.6. The van der Waals surface area contributed by atoms with Crippen molar-refractivity contribution in [2.45, 2.75) is 6.92 Å². The van der Waals surface area contributed by atoms with Crippen molar-refractivity contribution in [1.29, 1.82) is 0 Å². The summed E-state index contributed by atoms with van der Waals surface area (Å²) < 4.78 is 34.8. The zero-order valence-electron chi connectivity index (χ0n) is 9.93. The molecule has 17 heavy (non-hydrogen) atoms. The van der Waals surface area contributed by atoms with Gasteiger partial charge in [-0.3, -0.25) is 9.59 Å². The lowest BCUT2D eigenvalue weighted by molar-refractivity contribution is -0.143. The summed E-state index contributed by atoms with van der Waals surface area (Å²) in [6, 6.07) is 0. The second-order valence-electron chi connectivity index (χ2n) is 2.92. The lowest BCUT2D eigenvalue weighted by atomic mass is 10.6. The van der Waals surface area contributed by atoms with Gasteiger partial charge in [0.1, 0.15) is 13.1 Å². The van der Waals surface area contributed by atoms with Gasteiger partial charge < -0.3 is 9.47 Å². The van der Waals surface area contributed by atoms with Crippen molar-refractivity contribution in [2.24, 2.45) is 0 Å². The van der Waals surface area contributed by atoms with Crippen molar-refractivity contribution in [1.82, 2.24) is 9.03 Å². The lowest BCUT2D eigenvalue weighted by Gasteiger charge is -2.19. The van der Waals surface area contributed by atoms with E-state index in [0.717, 1.165) is 14.2 Å². The Bertz CT molecular complexity index is 348. The first-order chi connectivity index (χ1) is 7.87. The van der Waals surface area contributed by atoms with E-state index in [1.54, 1.807) is 6.92 Å². The Morgan fingerprint density at radius 1 is 1.12 bits per heavy atom. The highest BCUT2D eigenvalue weighted by Crippen LogP contribution is 1.99. The molecule has 0 fully saturated rings. The van der Waals surface area contributed by atoms with Crippen LogP contribution in [0.2, 0.25) is 0 Å². The van der Waals surface area contributed by atoms with Gasteiger partial charge in [-0.25, -0.2) is 4.72 Å². The van der Waals surface area contributed by atoms with E-state index in [1.165, 1.54) is 0 Å². The van der Waals surface area contributed by atoms with Gasteiger partial charge in [0.05, 0.1) is 14.2 Å². The van der Waals surface area contributed by atoms with Crippen molar-refractivity contribution in [2.75, 3.05) is 33.9 Å². The highest BCUT2D eigenvalue weighted by Gasteiger charge is 2.26. The fourth-order valence-electron chi connectivity index (χ4n) is 0.917. The molecule has 0 unspecified atom stereocenters. The predicted octanol–water partition coefficient (Wildman–Crippen LogP) is -1.51. The number of ether oxygens (including phenoxy) is 2. The van der Waals surface area contributed by atoms with Crippen LogP contribution in [0.15, 0.2) is 0 Å². The van der Waals surface area contributed by atoms with Crippen molar-refractivity contribution < 1.29 is 27.5 Å². The largest absolute Gasteiger partial charge is 0.468 e. The van der Waals surface area contributed by atoms with E-state index >= 15 is 0 Å². The molecule has 0 rings (SSSR count). The predicted molar refractivity (Wildman–Crippen MR) is 58.2 cm³/mol. The molecule has 0 bridgehead atoms. The van der Waals surface area contributed by atoms with Gasteiger partial charge in [0, 0.05) is 6.54 Å². The molecule has 0 heterocycles. The molecule has 0 spiro atoms. The standard InChI is InChI=1S/C8H16N2O6S/c1-4-9-17(13,14)10(5-7(11)15-2)6-8(12)16-3/h9H,4-6H2,1-3H3.